The number of benzene rings is 1. The van der Waals surface area contributed by atoms with Gasteiger partial charge in [0.1, 0.15) is 5.75 Å². The third-order valence-corrected chi connectivity index (χ3v) is 2.73. The zero-order valence-electron chi connectivity index (χ0n) is 11.5. The average Bonchev–Trinajstić information content (AvgIpc) is 2.30. The van der Waals surface area contributed by atoms with Gasteiger partial charge in [-0.2, -0.15) is 0 Å². The molecule has 0 aliphatic rings. The zero-order chi connectivity index (χ0) is 13.5. The molecule has 0 atom stereocenters. The Labute approximate surface area is 109 Å². The first-order chi connectivity index (χ1) is 8.52. The summed E-state index contributed by atoms with van der Waals surface area (Å²) in [5.74, 6) is 0.752. The van der Waals surface area contributed by atoms with Gasteiger partial charge in [-0.1, -0.05) is 19.9 Å². The van der Waals surface area contributed by atoms with Crippen molar-refractivity contribution < 1.29 is 9.84 Å². The van der Waals surface area contributed by atoms with E-state index in [1.54, 1.807) is 13.2 Å². The lowest BCUT2D eigenvalue weighted by atomic mass is 10.1. The number of nitrogen functional groups attached to an aromatic ring is 1. The van der Waals surface area contributed by atoms with Crippen LogP contribution in [0.4, 0.5) is 5.69 Å². The zero-order valence-corrected chi connectivity index (χ0v) is 11.5. The van der Waals surface area contributed by atoms with Crippen LogP contribution in [0.1, 0.15) is 19.4 Å². The van der Waals surface area contributed by atoms with Gasteiger partial charge in [0.05, 0.1) is 12.3 Å². The van der Waals surface area contributed by atoms with E-state index in [9.17, 15) is 5.11 Å². The lowest BCUT2D eigenvalue weighted by Crippen LogP contribution is -2.30. The molecule has 0 fully saturated rings. The molecule has 18 heavy (non-hydrogen) atoms. The summed E-state index contributed by atoms with van der Waals surface area (Å²) in [6, 6.07) is 5.38. The number of rotatable bonds is 7. The third kappa shape index (κ3) is 4.94. The van der Waals surface area contributed by atoms with Crippen molar-refractivity contribution in [2.24, 2.45) is 5.92 Å². The van der Waals surface area contributed by atoms with Crippen molar-refractivity contribution in [2.45, 2.75) is 20.4 Å². The van der Waals surface area contributed by atoms with Gasteiger partial charge >= 0.3 is 0 Å². The minimum atomic E-state index is 0.144. The second-order valence-corrected chi connectivity index (χ2v) is 5.01. The van der Waals surface area contributed by atoms with E-state index in [2.05, 4.69) is 18.7 Å². The SMILES string of the molecule is COCCN(Cc1ccc(O)c(N)c1)CC(C)C. The first-order valence-corrected chi connectivity index (χ1v) is 6.31. The molecule has 0 aromatic heterocycles. The van der Waals surface area contributed by atoms with E-state index in [0.29, 0.717) is 11.6 Å². The van der Waals surface area contributed by atoms with Gasteiger partial charge in [0, 0.05) is 26.7 Å². The molecule has 0 heterocycles. The number of hydrogen-bond acceptors (Lipinski definition) is 4. The van der Waals surface area contributed by atoms with Crippen molar-refractivity contribution in [3.63, 3.8) is 0 Å². The molecule has 3 N–H and O–H groups in total. The van der Waals surface area contributed by atoms with Gasteiger partial charge in [0.15, 0.2) is 0 Å². The monoisotopic (exact) mass is 252 g/mol. The summed E-state index contributed by atoms with van der Waals surface area (Å²) < 4.78 is 5.13. The van der Waals surface area contributed by atoms with Crippen molar-refractivity contribution >= 4 is 5.69 Å². The van der Waals surface area contributed by atoms with Crippen LogP contribution in [0.15, 0.2) is 18.2 Å². The topological polar surface area (TPSA) is 58.7 Å². The number of hydrogen-bond donors (Lipinski definition) is 2. The molecule has 0 radical (unpaired) electrons. The Hall–Kier alpha value is -1.26. The van der Waals surface area contributed by atoms with Crippen molar-refractivity contribution in [3.05, 3.63) is 23.8 Å². The summed E-state index contributed by atoms with van der Waals surface area (Å²) in [6.45, 7) is 7.86. The second kappa shape index (κ2) is 7.24. The minimum Gasteiger partial charge on any atom is -0.506 e. The molecule has 0 aliphatic heterocycles. The summed E-state index contributed by atoms with van der Waals surface area (Å²) in [4.78, 5) is 2.33. The van der Waals surface area contributed by atoms with Crippen LogP contribution < -0.4 is 5.73 Å². The first kappa shape index (κ1) is 14.8. The van der Waals surface area contributed by atoms with E-state index >= 15 is 0 Å². The lowest BCUT2D eigenvalue weighted by Gasteiger charge is -2.24. The quantitative estimate of drug-likeness (QED) is 0.576. The molecule has 4 heteroatoms. The molecule has 0 bridgehead atoms. The van der Waals surface area contributed by atoms with E-state index in [1.165, 1.54) is 0 Å². The number of phenols is 1. The first-order valence-electron chi connectivity index (χ1n) is 6.31. The highest BCUT2D eigenvalue weighted by molar-refractivity contribution is 5.53. The molecule has 0 amide bonds. The van der Waals surface area contributed by atoms with Gasteiger partial charge in [-0.15, -0.1) is 0 Å². The molecular weight excluding hydrogens is 228 g/mol. The maximum atomic E-state index is 9.41. The number of aromatic hydroxyl groups is 1. The normalized spacial score (nSPS) is 11.4. The summed E-state index contributed by atoms with van der Waals surface area (Å²) in [5.41, 5.74) is 7.25. The molecule has 0 unspecified atom stereocenters. The Balaban J connectivity index is 2.65. The molecular formula is C14H24N2O2. The molecule has 4 nitrogen and oxygen atoms in total. The van der Waals surface area contributed by atoms with Gasteiger partial charge in [-0.25, -0.2) is 0 Å². The molecule has 102 valence electrons. The van der Waals surface area contributed by atoms with E-state index in [1.807, 2.05) is 12.1 Å². The molecule has 0 saturated heterocycles. The Morgan fingerprint density at radius 2 is 2.11 bits per heavy atom. The number of nitrogens with two attached hydrogens (primary N) is 1. The number of phenolic OH excluding ortho intramolecular Hbond substituents is 1. The predicted octanol–water partition coefficient (Wildman–Crippen LogP) is 2.08. The van der Waals surface area contributed by atoms with Crippen molar-refractivity contribution in [1.82, 2.24) is 4.90 Å². The molecule has 0 saturated carbocycles. The maximum Gasteiger partial charge on any atom is 0.138 e. The van der Waals surface area contributed by atoms with Crippen LogP contribution in [0, 0.1) is 5.92 Å². The molecule has 0 aliphatic carbocycles. The van der Waals surface area contributed by atoms with Crippen LogP contribution in [-0.2, 0) is 11.3 Å². The molecule has 1 rings (SSSR count). The van der Waals surface area contributed by atoms with Crippen LogP contribution >= 0.6 is 0 Å². The standard InChI is InChI=1S/C14H24N2O2/c1-11(2)9-16(6-7-18-3)10-12-4-5-14(17)13(15)8-12/h4-5,8,11,17H,6-7,9-10,15H2,1-3H3. The Kier molecular flexibility index (Phi) is 5.95. The summed E-state index contributed by atoms with van der Waals surface area (Å²) >= 11 is 0. The van der Waals surface area contributed by atoms with Crippen LogP contribution in [0.3, 0.4) is 0 Å². The Morgan fingerprint density at radius 1 is 1.39 bits per heavy atom. The highest BCUT2D eigenvalue weighted by Crippen LogP contribution is 2.21. The smallest absolute Gasteiger partial charge is 0.138 e. The van der Waals surface area contributed by atoms with E-state index < -0.39 is 0 Å². The van der Waals surface area contributed by atoms with Gasteiger partial charge in [0.2, 0.25) is 0 Å². The van der Waals surface area contributed by atoms with Crippen LogP contribution in [0.5, 0.6) is 5.75 Å². The number of nitrogens with zero attached hydrogens (tertiary/aromatic N) is 1. The molecule has 0 spiro atoms. The van der Waals surface area contributed by atoms with E-state index in [0.717, 1.165) is 31.8 Å². The van der Waals surface area contributed by atoms with Gasteiger partial charge in [-0.05, 0) is 23.6 Å². The van der Waals surface area contributed by atoms with E-state index in [4.69, 9.17) is 10.5 Å². The highest BCUT2D eigenvalue weighted by Gasteiger charge is 2.09. The number of ether oxygens (including phenoxy) is 1. The molecule has 1 aromatic rings. The van der Waals surface area contributed by atoms with Gasteiger partial charge in [-0.3, -0.25) is 4.90 Å². The fraction of sp³-hybridized carbons (Fsp3) is 0.571. The maximum absolute atomic E-state index is 9.41. The highest BCUT2D eigenvalue weighted by atomic mass is 16.5. The Bertz CT molecular complexity index is 367. The third-order valence-electron chi connectivity index (χ3n) is 2.73. The largest absolute Gasteiger partial charge is 0.506 e. The molecule has 1 aromatic carbocycles. The Morgan fingerprint density at radius 3 is 2.67 bits per heavy atom. The van der Waals surface area contributed by atoms with Crippen LogP contribution in [0.2, 0.25) is 0 Å². The van der Waals surface area contributed by atoms with Crippen LogP contribution in [0.25, 0.3) is 0 Å². The van der Waals surface area contributed by atoms with Gasteiger partial charge in [0.25, 0.3) is 0 Å². The average molecular weight is 252 g/mol. The van der Waals surface area contributed by atoms with Gasteiger partial charge < -0.3 is 15.6 Å². The minimum absolute atomic E-state index is 0.144. The summed E-state index contributed by atoms with van der Waals surface area (Å²) in [5, 5.41) is 9.41. The van der Waals surface area contributed by atoms with Crippen LogP contribution in [-0.4, -0.2) is 36.8 Å². The van der Waals surface area contributed by atoms with E-state index in [-0.39, 0.29) is 5.75 Å². The fourth-order valence-corrected chi connectivity index (χ4v) is 1.93. The van der Waals surface area contributed by atoms with Crippen molar-refractivity contribution in [3.8, 4) is 5.75 Å². The van der Waals surface area contributed by atoms with Crippen molar-refractivity contribution in [1.29, 1.82) is 0 Å². The summed E-state index contributed by atoms with van der Waals surface area (Å²) in [7, 11) is 1.71. The second-order valence-electron chi connectivity index (χ2n) is 5.01. The number of methoxy groups -OCH3 is 1. The summed E-state index contributed by atoms with van der Waals surface area (Å²) in [6.07, 6.45) is 0. The van der Waals surface area contributed by atoms with Crippen molar-refractivity contribution in [2.75, 3.05) is 32.5 Å². The predicted molar refractivity (Wildman–Crippen MR) is 74.5 cm³/mol. The fourth-order valence-electron chi connectivity index (χ4n) is 1.93. The lowest BCUT2D eigenvalue weighted by molar-refractivity contribution is 0.136. The number of anilines is 1.